The second kappa shape index (κ2) is 13.0. The van der Waals surface area contributed by atoms with E-state index in [1.54, 1.807) is 51.3 Å². The third-order valence-electron chi connectivity index (χ3n) is 4.96. The van der Waals surface area contributed by atoms with Gasteiger partial charge in [0.1, 0.15) is 23.0 Å². The summed E-state index contributed by atoms with van der Waals surface area (Å²) < 4.78 is 38.2. The van der Waals surface area contributed by atoms with E-state index >= 15 is 0 Å². The van der Waals surface area contributed by atoms with E-state index in [9.17, 15) is 9.90 Å². The first-order valence-electron chi connectivity index (χ1n) is 10.8. The van der Waals surface area contributed by atoms with Gasteiger partial charge in [0, 0.05) is 31.8 Å². The Morgan fingerprint density at radius 1 is 0.853 bits per heavy atom. The fourth-order valence-corrected chi connectivity index (χ4v) is 3.63. The van der Waals surface area contributed by atoms with Crippen molar-refractivity contribution < 1.29 is 43.1 Å². The van der Waals surface area contributed by atoms with Crippen LogP contribution in [0.4, 0.5) is 0 Å². The molecule has 0 radical (unpaired) electrons. The van der Waals surface area contributed by atoms with Crippen molar-refractivity contribution in [1.82, 2.24) is 0 Å². The average Bonchev–Trinajstić information content (AvgIpc) is 2.80. The minimum atomic E-state index is -1.43. The van der Waals surface area contributed by atoms with Crippen LogP contribution in [0.15, 0.2) is 30.3 Å². The highest BCUT2D eigenvalue weighted by atomic mass is 16.7. The van der Waals surface area contributed by atoms with Gasteiger partial charge in [0.15, 0.2) is 13.6 Å². The van der Waals surface area contributed by atoms with Crippen LogP contribution in [0, 0.1) is 0 Å². The lowest BCUT2D eigenvalue weighted by molar-refractivity contribution is -0.148. The lowest BCUT2D eigenvalue weighted by atomic mass is 9.86. The zero-order valence-corrected chi connectivity index (χ0v) is 20.6. The summed E-state index contributed by atoms with van der Waals surface area (Å²) in [5, 5.41) is 11.1. The molecule has 0 heterocycles. The van der Waals surface area contributed by atoms with E-state index in [1.807, 2.05) is 0 Å². The van der Waals surface area contributed by atoms with Crippen molar-refractivity contribution in [1.29, 1.82) is 0 Å². The van der Waals surface area contributed by atoms with Crippen molar-refractivity contribution in [3.8, 4) is 34.1 Å². The standard InChI is InChI=1S/C25H34O9/c1-7-32-22(26)14-25(2,27)13-17-18(30-5)11-12-19(31-6)23(17)24-20(33-15-28-3)9-8-10-21(24)34-16-29-4/h8-12,27H,7,13-16H2,1-6H3. The molecule has 0 aliphatic heterocycles. The molecule has 0 aliphatic carbocycles. The molecule has 2 rings (SSSR count). The molecule has 0 amide bonds. The van der Waals surface area contributed by atoms with Crippen LogP contribution < -0.4 is 18.9 Å². The van der Waals surface area contributed by atoms with Crippen LogP contribution in [-0.2, 0) is 25.4 Å². The first-order valence-corrected chi connectivity index (χ1v) is 10.8. The average molecular weight is 479 g/mol. The predicted molar refractivity (Wildman–Crippen MR) is 126 cm³/mol. The number of carbonyl (C=O) groups is 1. The maximum atomic E-state index is 12.1. The Labute approximate surface area is 200 Å². The molecule has 0 bridgehead atoms. The number of ether oxygens (including phenoxy) is 7. The predicted octanol–water partition coefficient (Wildman–Crippen LogP) is 3.58. The highest BCUT2D eigenvalue weighted by molar-refractivity contribution is 5.85. The fourth-order valence-electron chi connectivity index (χ4n) is 3.63. The van der Waals surface area contributed by atoms with Gasteiger partial charge < -0.3 is 38.3 Å². The Kier molecular flexibility index (Phi) is 10.4. The van der Waals surface area contributed by atoms with Gasteiger partial charge in [-0.2, -0.15) is 0 Å². The first kappa shape index (κ1) is 27.2. The molecule has 1 unspecified atom stereocenters. The van der Waals surface area contributed by atoms with Gasteiger partial charge in [-0.15, -0.1) is 0 Å². The summed E-state index contributed by atoms with van der Waals surface area (Å²) in [7, 11) is 6.12. The molecular weight excluding hydrogens is 444 g/mol. The van der Waals surface area contributed by atoms with Gasteiger partial charge in [0.05, 0.1) is 38.4 Å². The van der Waals surface area contributed by atoms with Crippen LogP contribution >= 0.6 is 0 Å². The van der Waals surface area contributed by atoms with Gasteiger partial charge >= 0.3 is 5.97 Å². The molecule has 0 fully saturated rings. The summed E-state index contributed by atoms with van der Waals surface area (Å²) in [5.41, 5.74) is 0.321. The van der Waals surface area contributed by atoms with Crippen molar-refractivity contribution in [3.05, 3.63) is 35.9 Å². The number of rotatable bonds is 14. The number of methoxy groups -OCH3 is 4. The summed E-state index contributed by atoms with van der Waals surface area (Å²) in [6.45, 7) is 3.52. The Morgan fingerprint density at radius 3 is 1.91 bits per heavy atom. The molecule has 34 heavy (non-hydrogen) atoms. The van der Waals surface area contributed by atoms with Crippen molar-refractivity contribution in [2.45, 2.75) is 32.3 Å². The maximum Gasteiger partial charge on any atom is 0.308 e. The van der Waals surface area contributed by atoms with Crippen LogP contribution in [0.2, 0.25) is 0 Å². The third kappa shape index (κ3) is 6.99. The van der Waals surface area contributed by atoms with Crippen molar-refractivity contribution in [3.63, 3.8) is 0 Å². The fraction of sp³-hybridized carbons (Fsp3) is 0.480. The topological polar surface area (TPSA) is 102 Å². The Morgan fingerprint density at radius 2 is 1.41 bits per heavy atom. The van der Waals surface area contributed by atoms with Gasteiger partial charge in [-0.3, -0.25) is 4.79 Å². The molecule has 0 spiro atoms. The van der Waals surface area contributed by atoms with Gasteiger partial charge in [0.2, 0.25) is 0 Å². The highest BCUT2D eigenvalue weighted by Gasteiger charge is 2.31. The lowest BCUT2D eigenvalue weighted by Crippen LogP contribution is -2.32. The monoisotopic (exact) mass is 478 g/mol. The first-order chi connectivity index (χ1) is 16.3. The molecule has 9 heteroatoms. The maximum absolute atomic E-state index is 12.1. The smallest absolute Gasteiger partial charge is 0.308 e. The third-order valence-corrected chi connectivity index (χ3v) is 4.96. The summed E-state index contributed by atoms with van der Waals surface area (Å²) in [6, 6.07) is 8.82. The van der Waals surface area contributed by atoms with Crippen molar-refractivity contribution in [2.24, 2.45) is 0 Å². The van der Waals surface area contributed by atoms with E-state index in [4.69, 9.17) is 33.2 Å². The van der Waals surface area contributed by atoms with E-state index in [1.165, 1.54) is 21.3 Å². The summed E-state index contributed by atoms with van der Waals surface area (Å²) in [4.78, 5) is 12.1. The van der Waals surface area contributed by atoms with E-state index in [-0.39, 0.29) is 33.0 Å². The van der Waals surface area contributed by atoms with Gasteiger partial charge in [-0.05, 0) is 38.1 Å². The molecule has 0 aliphatic rings. The normalized spacial score (nSPS) is 12.6. The van der Waals surface area contributed by atoms with E-state index in [2.05, 4.69) is 0 Å². The van der Waals surface area contributed by atoms with E-state index < -0.39 is 11.6 Å². The van der Waals surface area contributed by atoms with Gasteiger partial charge in [0.25, 0.3) is 0 Å². The second-order valence-electron chi connectivity index (χ2n) is 7.71. The highest BCUT2D eigenvalue weighted by Crippen LogP contribution is 2.48. The summed E-state index contributed by atoms with van der Waals surface area (Å²) in [6.07, 6.45) is -0.140. The van der Waals surface area contributed by atoms with E-state index in [0.29, 0.717) is 39.7 Å². The largest absolute Gasteiger partial charge is 0.496 e. The molecule has 0 saturated heterocycles. The number of hydrogen-bond donors (Lipinski definition) is 1. The second-order valence-corrected chi connectivity index (χ2v) is 7.71. The summed E-state index contributed by atoms with van der Waals surface area (Å²) in [5.74, 6) is 1.43. The minimum Gasteiger partial charge on any atom is -0.496 e. The lowest BCUT2D eigenvalue weighted by Gasteiger charge is -2.27. The number of benzene rings is 2. The molecule has 1 N–H and O–H groups in total. The number of carbonyl (C=O) groups excluding carboxylic acids is 1. The Hall–Kier alpha value is -3.01. The molecule has 2 aromatic carbocycles. The minimum absolute atomic E-state index is 0.00290. The molecular formula is C25H34O9. The van der Waals surface area contributed by atoms with Gasteiger partial charge in [-0.25, -0.2) is 0 Å². The van der Waals surface area contributed by atoms with E-state index in [0.717, 1.165) is 0 Å². The van der Waals surface area contributed by atoms with Crippen molar-refractivity contribution >= 4 is 5.97 Å². The van der Waals surface area contributed by atoms with Gasteiger partial charge in [-0.1, -0.05) is 6.07 Å². The SMILES string of the molecule is CCOC(=O)CC(C)(O)Cc1c(OC)ccc(OC)c1-c1c(OCOC)cccc1OCOC. The van der Waals surface area contributed by atoms with Crippen LogP contribution in [0.3, 0.4) is 0 Å². The van der Waals surface area contributed by atoms with Crippen LogP contribution in [0.25, 0.3) is 11.1 Å². The quantitative estimate of drug-likeness (QED) is 0.322. The van der Waals surface area contributed by atoms with Crippen LogP contribution in [0.1, 0.15) is 25.8 Å². The number of esters is 1. The molecule has 2 aromatic rings. The molecule has 9 nitrogen and oxygen atoms in total. The van der Waals surface area contributed by atoms with Crippen molar-refractivity contribution in [2.75, 3.05) is 48.6 Å². The zero-order valence-electron chi connectivity index (χ0n) is 20.6. The molecule has 0 aromatic heterocycles. The Bertz CT molecular complexity index is 914. The van der Waals surface area contributed by atoms with Crippen LogP contribution in [0.5, 0.6) is 23.0 Å². The molecule has 1 atom stereocenters. The molecule has 0 saturated carbocycles. The number of aliphatic hydroxyl groups is 1. The Balaban J connectivity index is 2.74. The van der Waals surface area contributed by atoms with Crippen LogP contribution in [-0.4, -0.2) is 65.3 Å². The molecule has 188 valence electrons. The summed E-state index contributed by atoms with van der Waals surface area (Å²) >= 11 is 0. The number of hydrogen-bond acceptors (Lipinski definition) is 9. The zero-order chi connectivity index (χ0) is 25.1.